The molecule has 0 fully saturated rings. The highest BCUT2D eigenvalue weighted by Crippen LogP contribution is 2.21. The first-order valence-corrected chi connectivity index (χ1v) is 8.69. The number of aromatic nitrogens is 3. The molecular formula is C20H21N5O. The Bertz CT molecular complexity index is 1030. The van der Waals surface area contributed by atoms with E-state index in [0.29, 0.717) is 11.3 Å². The number of anilines is 1. The molecule has 0 unspecified atom stereocenters. The van der Waals surface area contributed by atoms with Crippen molar-refractivity contribution in [3.63, 3.8) is 0 Å². The van der Waals surface area contributed by atoms with Gasteiger partial charge in [0, 0.05) is 44.7 Å². The summed E-state index contributed by atoms with van der Waals surface area (Å²) in [5.74, 6) is 0.867. The fourth-order valence-corrected chi connectivity index (χ4v) is 3.13. The first-order chi connectivity index (χ1) is 12.6. The van der Waals surface area contributed by atoms with Crippen molar-refractivity contribution in [3.8, 4) is 11.3 Å². The first kappa shape index (κ1) is 16.5. The molecule has 4 heterocycles. The lowest BCUT2D eigenvalue weighted by molar-refractivity contribution is 0.738. The van der Waals surface area contributed by atoms with Crippen LogP contribution in [-0.4, -0.2) is 41.6 Å². The van der Waals surface area contributed by atoms with Crippen molar-refractivity contribution in [2.45, 2.75) is 6.42 Å². The van der Waals surface area contributed by atoms with E-state index < -0.39 is 0 Å². The molecule has 0 amide bonds. The number of hydrogen-bond donors (Lipinski definition) is 1. The van der Waals surface area contributed by atoms with Crippen LogP contribution in [0.25, 0.3) is 22.5 Å². The molecule has 0 saturated carbocycles. The van der Waals surface area contributed by atoms with E-state index in [4.69, 9.17) is 0 Å². The molecule has 4 rings (SSSR count). The molecule has 0 spiro atoms. The largest absolute Gasteiger partial charge is 0.363 e. The van der Waals surface area contributed by atoms with Gasteiger partial charge in [-0.1, -0.05) is 6.08 Å². The molecule has 1 N–H and O–H groups in total. The molecule has 0 atom stereocenters. The Hall–Kier alpha value is -2.99. The third-order valence-corrected chi connectivity index (χ3v) is 4.60. The number of pyridine rings is 2. The summed E-state index contributed by atoms with van der Waals surface area (Å²) < 4.78 is 1.61. The second-order valence-corrected chi connectivity index (χ2v) is 6.61. The molecule has 0 saturated heterocycles. The molecular weight excluding hydrogens is 326 g/mol. The fraction of sp³-hybridized carbons (Fsp3) is 0.250. The minimum atomic E-state index is -0.0851. The summed E-state index contributed by atoms with van der Waals surface area (Å²) in [7, 11) is 3.89. The zero-order chi connectivity index (χ0) is 18.1. The van der Waals surface area contributed by atoms with Crippen LogP contribution in [0.1, 0.15) is 12.0 Å². The van der Waals surface area contributed by atoms with Gasteiger partial charge in [0.25, 0.3) is 5.56 Å². The molecule has 3 aromatic rings. The lowest BCUT2D eigenvalue weighted by atomic mass is 10.0. The van der Waals surface area contributed by atoms with Gasteiger partial charge >= 0.3 is 0 Å². The van der Waals surface area contributed by atoms with Crippen molar-refractivity contribution >= 4 is 17.0 Å². The average molecular weight is 347 g/mol. The Labute approximate surface area is 151 Å². The normalized spacial score (nSPS) is 14.3. The fourth-order valence-electron chi connectivity index (χ4n) is 3.13. The van der Waals surface area contributed by atoms with Gasteiger partial charge in [-0.15, -0.1) is 0 Å². The average Bonchev–Trinajstić information content (AvgIpc) is 2.68. The first-order valence-electron chi connectivity index (χ1n) is 8.69. The Morgan fingerprint density at radius 1 is 1.15 bits per heavy atom. The third-order valence-electron chi connectivity index (χ3n) is 4.60. The van der Waals surface area contributed by atoms with Crippen molar-refractivity contribution in [2.24, 2.45) is 0 Å². The van der Waals surface area contributed by atoms with E-state index in [0.717, 1.165) is 36.5 Å². The Morgan fingerprint density at radius 3 is 2.69 bits per heavy atom. The van der Waals surface area contributed by atoms with Crippen LogP contribution in [0.3, 0.4) is 0 Å². The Kier molecular flexibility index (Phi) is 4.26. The highest BCUT2D eigenvalue weighted by atomic mass is 16.1. The number of nitrogens with one attached hydrogen (secondary N) is 1. The van der Waals surface area contributed by atoms with Gasteiger partial charge in [0.1, 0.15) is 11.5 Å². The van der Waals surface area contributed by atoms with Crippen LogP contribution in [0.4, 0.5) is 5.82 Å². The summed E-state index contributed by atoms with van der Waals surface area (Å²) in [6.07, 6.45) is 6.78. The molecule has 132 valence electrons. The van der Waals surface area contributed by atoms with E-state index in [-0.39, 0.29) is 5.56 Å². The molecule has 26 heavy (non-hydrogen) atoms. The van der Waals surface area contributed by atoms with Gasteiger partial charge in [0.05, 0.1) is 5.69 Å². The van der Waals surface area contributed by atoms with Crippen molar-refractivity contribution in [1.29, 1.82) is 0 Å². The second-order valence-electron chi connectivity index (χ2n) is 6.61. The number of nitrogens with zero attached hydrogens (tertiary/aromatic N) is 4. The van der Waals surface area contributed by atoms with Gasteiger partial charge < -0.3 is 10.2 Å². The van der Waals surface area contributed by atoms with Crippen LogP contribution in [-0.2, 0) is 0 Å². The predicted molar refractivity (Wildman–Crippen MR) is 104 cm³/mol. The second kappa shape index (κ2) is 6.72. The van der Waals surface area contributed by atoms with Crippen molar-refractivity contribution in [3.05, 3.63) is 64.7 Å². The minimum Gasteiger partial charge on any atom is -0.363 e. The lowest BCUT2D eigenvalue weighted by Crippen LogP contribution is -2.20. The van der Waals surface area contributed by atoms with Gasteiger partial charge in [-0.25, -0.2) is 9.97 Å². The summed E-state index contributed by atoms with van der Waals surface area (Å²) in [5, 5.41) is 3.30. The van der Waals surface area contributed by atoms with E-state index in [1.165, 1.54) is 5.57 Å². The Balaban J connectivity index is 1.75. The maximum absolute atomic E-state index is 12.6. The van der Waals surface area contributed by atoms with Crippen LogP contribution in [0.5, 0.6) is 0 Å². The van der Waals surface area contributed by atoms with Crippen molar-refractivity contribution < 1.29 is 0 Å². The standard InChI is InChI=1S/C20H21N5O/c1-24(2)18-5-3-15(12-22-18)17-11-20(26)25-13-16(4-6-19(25)23-17)14-7-9-21-10-8-14/h3-7,11-13,21H,8-10H2,1-2H3. The predicted octanol–water partition coefficient (Wildman–Crippen LogP) is 2.20. The molecule has 6 heteroatoms. The van der Waals surface area contributed by atoms with Crippen LogP contribution in [0, 0.1) is 0 Å². The summed E-state index contributed by atoms with van der Waals surface area (Å²) in [6, 6.07) is 9.38. The summed E-state index contributed by atoms with van der Waals surface area (Å²) in [4.78, 5) is 23.6. The van der Waals surface area contributed by atoms with E-state index in [1.54, 1.807) is 16.7 Å². The van der Waals surface area contributed by atoms with E-state index in [2.05, 4.69) is 21.4 Å². The molecule has 1 aliphatic rings. The van der Waals surface area contributed by atoms with Gasteiger partial charge in [-0.2, -0.15) is 0 Å². The monoisotopic (exact) mass is 347 g/mol. The highest BCUT2D eigenvalue weighted by Gasteiger charge is 2.10. The van der Waals surface area contributed by atoms with Crippen LogP contribution in [0.15, 0.2) is 53.6 Å². The smallest absolute Gasteiger partial charge is 0.258 e. The van der Waals surface area contributed by atoms with E-state index in [1.807, 2.05) is 49.5 Å². The highest BCUT2D eigenvalue weighted by molar-refractivity contribution is 5.68. The zero-order valence-electron chi connectivity index (χ0n) is 14.9. The summed E-state index contributed by atoms with van der Waals surface area (Å²) in [6.45, 7) is 1.83. The minimum absolute atomic E-state index is 0.0851. The summed E-state index contributed by atoms with van der Waals surface area (Å²) in [5.41, 5.74) is 4.38. The molecule has 0 aromatic carbocycles. The topological polar surface area (TPSA) is 62.5 Å². The van der Waals surface area contributed by atoms with Crippen molar-refractivity contribution in [1.82, 2.24) is 19.7 Å². The van der Waals surface area contributed by atoms with Gasteiger partial charge in [-0.3, -0.25) is 9.20 Å². The maximum atomic E-state index is 12.6. The van der Waals surface area contributed by atoms with Crippen molar-refractivity contribution in [2.75, 3.05) is 32.1 Å². The van der Waals surface area contributed by atoms with Crippen LogP contribution < -0.4 is 15.8 Å². The molecule has 0 aliphatic carbocycles. The number of fused-ring (bicyclic) bond motifs is 1. The SMILES string of the molecule is CN(C)c1ccc(-c2cc(=O)n3cc(C4=CCNCC4)ccc3n2)cn1. The lowest BCUT2D eigenvalue weighted by Gasteiger charge is -2.15. The molecule has 3 aromatic heterocycles. The van der Waals surface area contributed by atoms with Crippen LogP contribution >= 0.6 is 0 Å². The number of rotatable bonds is 3. The molecule has 1 aliphatic heterocycles. The van der Waals surface area contributed by atoms with Crippen LogP contribution in [0.2, 0.25) is 0 Å². The number of hydrogen-bond acceptors (Lipinski definition) is 5. The summed E-state index contributed by atoms with van der Waals surface area (Å²) >= 11 is 0. The molecule has 0 bridgehead atoms. The maximum Gasteiger partial charge on any atom is 0.258 e. The van der Waals surface area contributed by atoms with Gasteiger partial charge in [-0.05, 0) is 48.4 Å². The Morgan fingerprint density at radius 2 is 2.00 bits per heavy atom. The quantitative estimate of drug-likeness (QED) is 0.787. The molecule has 6 nitrogen and oxygen atoms in total. The zero-order valence-corrected chi connectivity index (χ0v) is 14.9. The van der Waals surface area contributed by atoms with E-state index >= 15 is 0 Å². The van der Waals surface area contributed by atoms with Gasteiger partial charge in [0.2, 0.25) is 0 Å². The van der Waals surface area contributed by atoms with E-state index in [9.17, 15) is 4.79 Å². The third kappa shape index (κ3) is 3.11. The van der Waals surface area contributed by atoms with Gasteiger partial charge in [0.15, 0.2) is 0 Å². The molecule has 0 radical (unpaired) electrons.